The highest BCUT2D eigenvalue weighted by Crippen LogP contribution is 2.25. The Morgan fingerprint density at radius 1 is 1.67 bits per heavy atom. The quantitative estimate of drug-likeness (QED) is 0.551. The Labute approximate surface area is 72.8 Å². The summed E-state index contributed by atoms with van der Waals surface area (Å²) in [6, 6.07) is 0. The lowest BCUT2D eigenvalue weighted by Gasteiger charge is -2.22. The van der Waals surface area contributed by atoms with Crippen LogP contribution in [0, 0.1) is 5.92 Å². The Morgan fingerprint density at radius 3 is 3.00 bits per heavy atom. The van der Waals surface area contributed by atoms with Crippen molar-refractivity contribution in [2.24, 2.45) is 16.1 Å². The van der Waals surface area contributed by atoms with Crippen LogP contribution in [0.3, 0.4) is 0 Å². The van der Waals surface area contributed by atoms with Crippen molar-refractivity contribution in [2.75, 3.05) is 13.7 Å². The van der Waals surface area contributed by atoms with Gasteiger partial charge in [0.2, 0.25) is 0 Å². The molecule has 0 aliphatic carbocycles. The minimum atomic E-state index is 0.563. The molecule has 0 spiro atoms. The fourth-order valence-electron chi connectivity index (χ4n) is 1.15. The third-order valence-corrected chi connectivity index (χ3v) is 1.76. The third kappa shape index (κ3) is 2.19. The van der Waals surface area contributed by atoms with E-state index in [0.29, 0.717) is 5.92 Å². The highest BCUT2D eigenvalue weighted by atomic mass is 16.5. The minimum Gasteiger partial charge on any atom is -0.491 e. The van der Waals surface area contributed by atoms with Gasteiger partial charge in [-0.2, -0.15) is 10.2 Å². The van der Waals surface area contributed by atoms with Crippen molar-refractivity contribution >= 4 is 0 Å². The zero-order valence-corrected chi connectivity index (χ0v) is 7.58. The van der Waals surface area contributed by atoms with E-state index in [0.717, 1.165) is 24.4 Å². The lowest BCUT2D eigenvalue weighted by atomic mass is 9.99. The largest absolute Gasteiger partial charge is 0.491 e. The molecule has 1 aliphatic heterocycles. The van der Waals surface area contributed by atoms with Gasteiger partial charge in [-0.3, -0.25) is 0 Å². The van der Waals surface area contributed by atoms with Gasteiger partial charge in [-0.1, -0.05) is 13.5 Å². The maximum Gasteiger partial charge on any atom is 0.142 e. The smallest absolute Gasteiger partial charge is 0.142 e. The average Bonchev–Trinajstić information content (AvgIpc) is 2.03. The first-order valence-electron chi connectivity index (χ1n) is 4.04. The predicted molar refractivity (Wildman–Crippen MR) is 47.7 cm³/mol. The first-order chi connectivity index (χ1) is 5.74. The van der Waals surface area contributed by atoms with Gasteiger partial charge in [-0.15, -0.1) is 0 Å². The van der Waals surface area contributed by atoms with E-state index in [1.807, 2.05) is 0 Å². The van der Waals surface area contributed by atoms with E-state index in [-0.39, 0.29) is 0 Å². The molecule has 0 saturated carbocycles. The minimum absolute atomic E-state index is 0.563. The van der Waals surface area contributed by atoms with E-state index < -0.39 is 0 Å². The molecule has 1 heterocycles. The second kappa shape index (κ2) is 4.04. The van der Waals surface area contributed by atoms with Crippen LogP contribution in [0.15, 0.2) is 34.3 Å². The molecular weight excluding hydrogens is 152 g/mol. The van der Waals surface area contributed by atoms with Crippen LogP contribution in [0.5, 0.6) is 0 Å². The maximum absolute atomic E-state index is 5.41. The Hall–Kier alpha value is -1.12. The van der Waals surface area contributed by atoms with Crippen LogP contribution in [-0.4, -0.2) is 13.7 Å². The summed E-state index contributed by atoms with van der Waals surface area (Å²) in [7, 11) is 1.63. The Balaban J connectivity index is 2.62. The van der Waals surface area contributed by atoms with E-state index in [2.05, 4.69) is 23.7 Å². The van der Waals surface area contributed by atoms with Crippen molar-refractivity contribution in [1.29, 1.82) is 0 Å². The molecule has 3 nitrogen and oxygen atoms in total. The molecule has 12 heavy (non-hydrogen) atoms. The number of allylic oxidation sites excluding steroid dienone is 1. The Bertz CT molecular complexity index is 231. The topological polar surface area (TPSA) is 34.0 Å². The van der Waals surface area contributed by atoms with E-state index in [4.69, 9.17) is 4.74 Å². The molecule has 0 aromatic carbocycles. The van der Waals surface area contributed by atoms with Gasteiger partial charge in [0.1, 0.15) is 5.76 Å². The van der Waals surface area contributed by atoms with Crippen LogP contribution >= 0.6 is 0 Å². The van der Waals surface area contributed by atoms with Gasteiger partial charge < -0.3 is 4.74 Å². The number of hydrogen-bond acceptors (Lipinski definition) is 3. The number of ether oxygens (including phenoxy) is 1. The van der Waals surface area contributed by atoms with Crippen molar-refractivity contribution in [3.63, 3.8) is 0 Å². The summed E-state index contributed by atoms with van der Waals surface area (Å²) in [5, 5.41) is 7.36. The van der Waals surface area contributed by atoms with Gasteiger partial charge in [-0.25, -0.2) is 0 Å². The van der Waals surface area contributed by atoms with Gasteiger partial charge in [0.15, 0.2) is 0 Å². The molecule has 0 aromatic rings. The fourth-order valence-corrected chi connectivity index (χ4v) is 1.15. The molecule has 1 aliphatic rings. The molecule has 1 rings (SSSR count). The lowest BCUT2D eigenvalue weighted by Crippen LogP contribution is -2.14. The second-order valence-electron chi connectivity index (χ2n) is 3.03. The van der Waals surface area contributed by atoms with Crippen LogP contribution < -0.4 is 0 Å². The second-order valence-corrected chi connectivity index (χ2v) is 3.03. The van der Waals surface area contributed by atoms with Crippen LogP contribution in [0.25, 0.3) is 0 Å². The molecule has 0 amide bonds. The summed E-state index contributed by atoms with van der Waals surface area (Å²) in [5.74, 6) is 1.34. The molecule has 0 radical (unpaired) electrons. The molecule has 0 aromatic heterocycles. The summed E-state index contributed by atoms with van der Waals surface area (Å²) in [6.07, 6.45) is 2.61. The zero-order chi connectivity index (χ0) is 8.97. The number of rotatable bonds is 1. The molecule has 66 valence electrons. The molecule has 1 atom stereocenters. The highest BCUT2D eigenvalue weighted by Gasteiger charge is 2.16. The molecule has 3 heteroatoms. The standard InChI is InChI=1S/C9H14N2O/c1-7-4-8(2)9(12-6-7)5-11-10-3/h5,7H,2,4,6H2,1,3H3/b9-5+,11-10?. The van der Waals surface area contributed by atoms with Gasteiger partial charge in [0.05, 0.1) is 12.8 Å². The molecular formula is C9H14N2O. The monoisotopic (exact) mass is 166 g/mol. The summed E-state index contributed by atoms with van der Waals surface area (Å²) < 4.78 is 5.41. The van der Waals surface area contributed by atoms with E-state index in [9.17, 15) is 0 Å². The van der Waals surface area contributed by atoms with Crippen LogP contribution in [0.1, 0.15) is 13.3 Å². The lowest BCUT2D eigenvalue weighted by molar-refractivity contribution is 0.151. The van der Waals surface area contributed by atoms with E-state index >= 15 is 0 Å². The Kier molecular flexibility index (Phi) is 3.02. The van der Waals surface area contributed by atoms with E-state index in [1.54, 1.807) is 13.2 Å². The van der Waals surface area contributed by atoms with E-state index in [1.165, 1.54) is 0 Å². The summed E-state index contributed by atoms with van der Waals surface area (Å²) in [6.45, 7) is 6.80. The fraction of sp³-hybridized carbons (Fsp3) is 0.556. The van der Waals surface area contributed by atoms with Crippen molar-refractivity contribution in [2.45, 2.75) is 13.3 Å². The third-order valence-electron chi connectivity index (χ3n) is 1.76. The van der Waals surface area contributed by atoms with Crippen molar-refractivity contribution in [1.82, 2.24) is 0 Å². The zero-order valence-electron chi connectivity index (χ0n) is 7.58. The van der Waals surface area contributed by atoms with Crippen molar-refractivity contribution < 1.29 is 4.74 Å². The van der Waals surface area contributed by atoms with Crippen LogP contribution in [0.2, 0.25) is 0 Å². The maximum atomic E-state index is 5.41. The van der Waals surface area contributed by atoms with Gasteiger partial charge in [0.25, 0.3) is 0 Å². The molecule has 1 fully saturated rings. The molecule has 1 saturated heterocycles. The molecule has 0 N–H and O–H groups in total. The molecule has 1 unspecified atom stereocenters. The van der Waals surface area contributed by atoms with Gasteiger partial charge >= 0.3 is 0 Å². The van der Waals surface area contributed by atoms with Crippen LogP contribution in [-0.2, 0) is 4.74 Å². The summed E-state index contributed by atoms with van der Waals surface area (Å²) >= 11 is 0. The average molecular weight is 166 g/mol. The number of hydrogen-bond donors (Lipinski definition) is 0. The first-order valence-corrected chi connectivity index (χ1v) is 4.04. The van der Waals surface area contributed by atoms with Crippen molar-refractivity contribution in [3.05, 3.63) is 24.1 Å². The first kappa shape index (κ1) is 8.97. The molecule has 0 bridgehead atoms. The van der Waals surface area contributed by atoms with Crippen LogP contribution in [0.4, 0.5) is 0 Å². The SMILES string of the molecule is C=C1CC(C)CO/C1=C/N=NC. The summed E-state index contributed by atoms with van der Waals surface area (Å²) in [5.41, 5.74) is 1.01. The normalized spacial score (nSPS) is 28.0. The van der Waals surface area contributed by atoms with Gasteiger partial charge in [0, 0.05) is 7.05 Å². The predicted octanol–water partition coefficient (Wildman–Crippen LogP) is 2.52. The number of azo groups is 1. The van der Waals surface area contributed by atoms with Crippen molar-refractivity contribution in [3.8, 4) is 0 Å². The highest BCUT2D eigenvalue weighted by molar-refractivity contribution is 5.24. The Morgan fingerprint density at radius 2 is 2.42 bits per heavy atom. The summed E-state index contributed by atoms with van der Waals surface area (Å²) in [4.78, 5) is 0. The van der Waals surface area contributed by atoms with Gasteiger partial charge in [-0.05, 0) is 17.9 Å². The number of nitrogens with zero attached hydrogens (tertiary/aromatic N) is 2.